The summed E-state index contributed by atoms with van der Waals surface area (Å²) in [6.07, 6.45) is 0. The van der Waals surface area contributed by atoms with Crippen LogP contribution in [0.25, 0.3) is 22.2 Å². The van der Waals surface area contributed by atoms with Crippen LogP contribution in [0.1, 0.15) is 40.0 Å². The molecular weight excluding hydrogens is 428 g/mol. The van der Waals surface area contributed by atoms with Crippen LogP contribution in [0.2, 0.25) is 0 Å². The first-order chi connectivity index (χ1) is 16.4. The average Bonchev–Trinajstić information content (AvgIpc) is 3.34. The van der Waals surface area contributed by atoms with Gasteiger partial charge in [-0.3, -0.25) is 25.2 Å². The zero-order chi connectivity index (χ0) is 23.8. The number of H-pyrrole nitrogens is 1. The van der Waals surface area contributed by atoms with Crippen molar-refractivity contribution in [1.82, 2.24) is 20.7 Å². The summed E-state index contributed by atoms with van der Waals surface area (Å²) < 4.78 is 0. The molecule has 2 heterocycles. The smallest absolute Gasteiger partial charge is 0.258 e. The van der Waals surface area contributed by atoms with Gasteiger partial charge in [-0.2, -0.15) is 0 Å². The minimum Gasteiger partial charge on any atom is -0.354 e. The molecule has 34 heavy (non-hydrogen) atoms. The van der Waals surface area contributed by atoms with E-state index < -0.39 is 11.9 Å². The van der Waals surface area contributed by atoms with Crippen molar-refractivity contribution in [3.63, 3.8) is 0 Å². The number of fused-ring (bicyclic) bond motifs is 2. The van der Waals surface area contributed by atoms with E-state index in [2.05, 4.69) is 40.1 Å². The van der Waals surface area contributed by atoms with Gasteiger partial charge in [0, 0.05) is 29.0 Å². The Morgan fingerprint density at radius 2 is 1.65 bits per heavy atom. The minimum atomic E-state index is -0.474. The lowest BCUT2D eigenvalue weighted by atomic mass is 9.93. The maximum absolute atomic E-state index is 13.5. The summed E-state index contributed by atoms with van der Waals surface area (Å²) in [5.74, 6) is -1.09. The van der Waals surface area contributed by atoms with Crippen LogP contribution in [0.3, 0.4) is 0 Å². The van der Waals surface area contributed by atoms with Crippen LogP contribution < -0.4 is 10.9 Å². The van der Waals surface area contributed by atoms with Gasteiger partial charge in [-0.1, -0.05) is 66.2 Å². The second-order valence-electron chi connectivity index (χ2n) is 8.48. The van der Waals surface area contributed by atoms with Gasteiger partial charge in [0.2, 0.25) is 5.91 Å². The van der Waals surface area contributed by atoms with Crippen molar-refractivity contribution in [2.75, 3.05) is 6.54 Å². The predicted octanol–water partition coefficient (Wildman–Crippen LogP) is 3.86. The van der Waals surface area contributed by atoms with Crippen molar-refractivity contribution in [3.05, 3.63) is 95.1 Å². The van der Waals surface area contributed by atoms with Crippen LogP contribution in [0.5, 0.6) is 0 Å². The lowest BCUT2D eigenvalue weighted by Crippen LogP contribution is -2.46. The van der Waals surface area contributed by atoms with E-state index in [1.54, 1.807) is 11.0 Å². The minimum absolute atomic E-state index is 0.203. The lowest BCUT2D eigenvalue weighted by Gasteiger charge is -2.26. The van der Waals surface area contributed by atoms with Crippen LogP contribution in [0, 0.1) is 6.92 Å². The Bertz CT molecular complexity index is 1420. The zero-order valence-corrected chi connectivity index (χ0v) is 18.9. The van der Waals surface area contributed by atoms with Gasteiger partial charge >= 0.3 is 0 Å². The molecule has 1 aliphatic rings. The maximum Gasteiger partial charge on any atom is 0.258 e. The molecule has 1 aromatic heterocycles. The fraction of sp³-hybridized carbons (Fsp3) is 0.148. The normalized spacial score (nSPS) is 14.8. The Morgan fingerprint density at radius 1 is 0.941 bits per heavy atom. The summed E-state index contributed by atoms with van der Waals surface area (Å²) in [6, 6.07) is 23.2. The SMILES string of the molecule is CC(=O)NNC(=O)CN1C(=O)c2ccccc2C1c1c(-c2ccc(C)cc2)[nH]c2ccccc12. The molecule has 1 unspecified atom stereocenters. The Kier molecular flexibility index (Phi) is 5.37. The van der Waals surface area contributed by atoms with Crippen LogP contribution in [-0.4, -0.2) is 34.2 Å². The number of hydrogen-bond donors (Lipinski definition) is 3. The number of aromatic nitrogens is 1. The van der Waals surface area contributed by atoms with Gasteiger partial charge in [-0.15, -0.1) is 0 Å². The Hall–Kier alpha value is -4.39. The van der Waals surface area contributed by atoms with Gasteiger partial charge in [0.25, 0.3) is 11.8 Å². The highest BCUT2D eigenvalue weighted by Gasteiger charge is 2.41. The molecular formula is C27H24N4O3. The molecule has 5 rings (SSSR count). The summed E-state index contributed by atoms with van der Waals surface area (Å²) in [5, 5.41) is 0.986. The third kappa shape index (κ3) is 3.71. The van der Waals surface area contributed by atoms with Crippen molar-refractivity contribution in [1.29, 1.82) is 0 Å². The third-order valence-corrected chi connectivity index (χ3v) is 6.11. The molecule has 0 radical (unpaired) electrons. The molecule has 0 saturated heterocycles. The van der Waals surface area contributed by atoms with Crippen LogP contribution >= 0.6 is 0 Å². The van der Waals surface area contributed by atoms with Crippen LogP contribution in [-0.2, 0) is 9.59 Å². The largest absolute Gasteiger partial charge is 0.354 e. The summed E-state index contributed by atoms with van der Waals surface area (Å²) in [6.45, 7) is 3.14. The van der Waals surface area contributed by atoms with Gasteiger partial charge in [0.1, 0.15) is 6.54 Å². The van der Waals surface area contributed by atoms with Crippen molar-refractivity contribution in [3.8, 4) is 11.3 Å². The number of hydrazine groups is 1. The highest BCUT2D eigenvalue weighted by molar-refractivity contribution is 6.03. The highest BCUT2D eigenvalue weighted by atomic mass is 16.2. The number of hydrogen-bond acceptors (Lipinski definition) is 3. The molecule has 0 bridgehead atoms. The van der Waals surface area contributed by atoms with Gasteiger partial charge in [-0.25, -0.2) is 0 Å². The predicted molar refractivity (Wildman–Crippen MR) is 130 cm³/mol. The van der Waals surface area contributed by atoms with E-state index in [1.165, 1.54) is 6.92 Å². The molecule has 3 aromatic carbocycles. The molecule has 0 saturated carbocycles. The van der Waals surface area contributed by atoms with E-state index in [0.717, 1.165) is 38.9 Å². The molecule has 170 valence electrons. The average molecular weight is 453 g/mol. The second-order valence-corrected chi connectivity index (χ2v) is 8.48. The van der Waals surface area contributed by atoms with E-state index in [4.69, 9.17) is 0 Å². The molecule has 4 aromatic rings. The van der Waals surface area contributed by atoms with Crippen molar-refractivity contribution < 1.29 is 14.4 Å². The number of amides is 3. The van der Waals surface area contributed by atoms with Gasteiger partial charge in [-0.05, 0) is 30.2 Å². The van der Waals surface area contributed by atoms with Gasteiger partial charge in [0.05, 0.1) is 11.7 Å². The molecule has 0 spiro atoms. The van der Waals surface area contributed by atoms with Crippen LogP contribution in [0.4, 0.5) is 0 Å². The topological polar surface area (TPSA) is 94.3 Å². The molecule has 7 nitrogen and oxygen atoms in total. The number of para-hydroxylation sites is 1. The van der Waals surface area contributed by atoms with Gasteiger partial charge < -0.3 is 9.88 Å². The zero-order valence-electron chi connectivity index (χ0n) is 18.9. The first-order valence-corrected chi connectivity index (χ1v) is 11.1. The quantitative estimate of drug-likeness (QED) is 0.411. The fourth-order valence-corrected chi connectivity index (χ4v) is 4.59. The molecule has 0 fully saturated rings. The monoisotopic (exact) mass is 452 g/mol. The summed E-state index contributed by atoms with van der Waals surface area (Å²) in [5.41, 5.74) is 11.0. The first kappa shape index (κ1) is 21.5. The first-order valence-electron chi connectivity index (χ1n) is 11.1. The second kappa shape index (κ2) is 8.51. The summed E-state index contributed by atoms with van der Waals surface area (Å²) in [7, 11) is 0. The standard InChI is InChI=1S/C27H24N4O3/c1-16-11-13-18(14-12-16)25-24(21-9-5-6-10-22(21)28-25)26-19-7-3-4-8-20(19)27(34)31(26)15-23(33)30-29-17(2)32/h3-14,26,28H,15H2,1-2H3,(H,29,32)(H,30,33). The number of aryl methyl sites for hydroxylation is 1. The number of nitrogens with one attached hydrogen (secondary N) is 3. The fourth-order valence-electron chi connectivity index (χ4n) is 4.59. The van der Waals surface area contributed by atoms with Crippen molar-refractivity contribution >= 4 is 28.6 Å². The maximum atomic E-state index is 13.5. The molecule has 0 aliphatic carbocycles. The molecule has 3 amide bonds. The number of benzene rings is 3. The van der Waals surface area contributed by atoms with E-state index in [9.17, 15) is 14.4 Å². The summed E-state index contributed by atoms with van der Waals surface area (Å²) in [4.78, 5) is 42.4. The third-order valence-electron chi connectivity index (χ3n) is 6.11. The van der Waals surface area contributed by atoms with Crippen LogP contribution in [0.15, 0.2) is 72.8 Å². The number of aromatic amines is 1. The molecule has 7 heteroatoms. The number of rotatable bonds is 4. The summed E-state index contributed by atoms with van der Waals surface area (Å²) >= 11 is 0. The number of carbonyl (C=O) groups is 3. The molecule has 1 atom stereocenters. The van der Waals surface area contributed by atoms with Crippen molar-refractivity contribution in [2.45, 2.75) is 19.9 Å². The van der Waals surface area contributed by atoms with E-state index in [1.807, 2.05) is 49.4 Å². The Morgan fingerprint density at radius 3 is 2.41 bits per heavy atom. The van der Waals surface area contributed by atoms with E-state index >= 15 is 0 Å². The highest BCUT2D eigenvalue weighted by Crippen LogP contribution is 2.45. The van der Waals surface area contributed by atoms with Crippen molar-refractivity contribution in [2.24, 2.45) is 0 Å². The Labute approximate surface area is 196 Å². The van der Waals surface area contributed by atoms with E-state index in [-0.39, 0.29) is 18.4 Å². The van der Waals surface area contributed by atoms with Gasteiger partial charge in [0.15, 0.2) is 0 Å². The number of carbonyl (C=O) groups excluding carboxylic acids is 3. The Balaban J connectivity index is 1.68. The lowest BCUT2D eigenvalue weighted by molar-refractivity contribution is -0.128. The molecule has 1 aliphatic heterocycles. The number of nitrogens with zero attached hydrogens (tertiary/aromatic N) is 1. The van der Waals surface area contributed by atoms with E-state index in [0.29, 0.717) is 5.56 Å². The molecule has 3 N–H and O–H groups in total.